The van der Waals surface area contributed by atoms with Gasteiger partial charge in [-0.15, -0.1) is 0 Å². The highest BCUT2D eigenvalue weighted by atomic mass is 16.5. The van der Waals surface area contributed by atoms with E-state index in [-0.39, 0.29) is 24.2 Å². The smallest absolute Gasteiger partial charge is 0.253 e. The molecule has 1 atom stereocenters. The second-order valence-corrected chi connectivity index (χ2v) is 9.99. The fourth-order valence-electron chi connectivity index (χ4n) is 4.78. The fourth-order valence-corrected chi connectivity index (χ4v) is 4.78. The zero-order valence-corrected chi connectivity index (χ0v) is 22.8. The standard InChI is InChI=1S/C30H38N6O3/c1-23(2)27-14-20-35(33-28(27)6-4-7-29(37)31-16-21-39-3)22-24-12-18-34(19-13-24)30(38)25-8-10-26(11-9-25)36-17-5-15-32-36/h4-6,8-11,14-15,17,20,24,27H,1,7,12-13,16,18-19,21-22H2,2-3H3,(H,31,37)/b6-4-. The lowest BCUT2D eigenvalue weighted by Gasteiger charge is -2.34. The number of hydrazone groups is 1. The number of hydrogen-bond acceptors (Lipinski definition) is 6. The Balaban J connectivity index is 1.28. The Labute approximate surface area is 230 Å². The lowest BCUT2D eigenvalue weighted by molar-refractivity contribution is -0.120. The number of methoxy groups -OCH3 is 1. The number of hydrogen-bond donors (Lipinski definition) is 1. The summed E-state index contributed by atoms with van der Waals surface area (Å²) in [5.41, 5.74) is 3.51. The first-order valence-corrected chi connectivity index (χ1v) is 13.4. The van der Waals surface area contributed by atoms with Crippen LogP contribution in [0.15, 0.2) is 84.4 Å². The lowest BCUT2D eigenvalue weighted by atomic mass is 9.93. The van der Waals surface area contributed by atoms with Crippen LogP contribution >= 0.6 is 0 Å². The number of piperidine rings is 1. The maximum absolute atomic E-state index is 13.1. The SMILES string of the molecule is C=C(C)C1C=CN(CC2CCN(C(=O)c3ccc(-n4cccn4)cc3)CC2)N=C1/C=C\CC(=O)NCCOC. The van der Waals surface area contributed by atoms with E-state index in [4.69, 9.17) is 9.84 Å². The number of amides is 2. The van der Waals surface area contributed by atoms with E-state index in [0.29, 0.717) is 24.6 Å². The first kappa shape index (κ1) is 28.0. The molecular formula is C30H38N6O3. The predicted octanol–water partition coefficient (Wildman–Crippen LogP) is 3.81. The molecule has 4 rings (SSSR count). The van der Waals surface area contributed by atoms with Crippen molar-refractivity contribution < 1.29 is 14.3 Å². The molecule has 1 aromatic carbocycles. The van der Waals surface area contributed by atoms with E-state index in [2.05, 4.69) is 23.1 Å². The van der Waals surface area contributed by atoms with Crippen LogP contribution in [0, 0.1) is 11.8 Å². The predicted molar refractivity (Wildman–Crippen MR) is 152 cm³/mol. The average Bonchev–Trinajstić information content (AvgIpc) is 3.49. The van der Waals surface area contributed by atoms with Gasteiger partial charge in [0.15, 0.2) is 0 Å². The van der Waals surface area contributed by atoms with Crippen molar-refractivity contribution in [2.75, 3.05) is 39.9 Å². The van der Waals surface area contributed by atoms with Crippen LogP contribution in [0.4, 0.5) is 0 Å². The van der Waals surface area contributed by atoms with E-state index in [1.165, 1.54) is 0 Å². The molecule has 9 heteroatoms. The van der Waals surface area contributed by atoms with Crippen LogP contribution in [0.25, 0.3) is 5.69 Å². The van der Waals surface area contributed by atoms with Gasteiger partial charge in [0.05, 0.1) is 18.0 Å². The number of likely N-dealkylation sites (tertiary alicyclic amines) is 1. The summed E-state index contributed by atoms with van der Waals surface area (Å²) in [6.45, 7) is 9.33. The fraction of sp³-hybridized carbons (Fsp3) is 0.400. The molecule has 1 fully saturated rings. The maximum atomic E-state index is 13.1. The van der Waals surface area contributed by atoms with Crippen LogP contribution in [0.3, 0.4) is 0 Å². The summed E-state index contributed by atoms with van der Waals surface area (Å²) in [7, 11) is 1.61. The van der Waals surface area contributed by atoms with E-state index in [1.807, 2.05) is 71.7 Å². The molecule has 0 saturated carbocycles. The van der Waals surface area contributed by atoms with Crippen molar-refractivity contribution in [2.45, 2.75) is 26.2 Å². The van der Waals surface area contributed by atoms with Crippen molar-refractivity contribution in [3.05, 3.63) is 84.9 Å². The quantitative estimate of drug-likeness (QED) is 0.352. The summed E-state index contributed by atoms with van der Waals surface area (Å²) in [6, 6.07) is 9.46. The van der Waals surface area contributed by atoms with Crippen molar-refractivity contribution in [1.82, 2.24) is 25.0 Å². The van der Waals surface area contributed by atoms with E-state index in [9.17, 15) is 9.59 Å². The van der Waals surface area contributed by atoms with Gasteiger partial charge in [-0.25, -0.2) is 4.68 Å². The van der Waals surface area contributed by atoms with Crippen molar-refractivity contribution in [1.29, 1.82) is 0 Å². The van der Waals surface area contributed by atoms with Crippen LogP contribution in [0.1, 0.15) is 36.5 Å². The normalized spacial score (nSPS) is 17.9. The van der Waals surface area contributed by atoms with Gasteiger partial charge in [-0.2, -0.15) is 10.2 Å². The van der Waals surface area contributed by atoms with Gasteiger partial charge in [0.2, 0.25) is 5.91 Å². The van der Waals surface area contributed by atoms with Gasteiger partial charge in [-0.05, 0) is 62.1 Å². The molecule has 1 aromatic heterocycles. The molecule has 2 aliphatic rings. The summed E-state index contributed by atoms with van der Waals surface area (Å²) in [5.74, 6) is 0.476. The highest BCUT2D eigenvalue weighted by Crippen LogP contribution is 2.24. The molecule has 0 bridgehead atoms. The Kier molecular flexibility index (Phi) is 9.85. The minimum absolute atomic E-state index is 0.0215. The number of nitrogens with zero attached hydrogens (tertiary/aromatic N) is 5. The summed E-state index contributed by atoms with van der Waals surface area (Å²) in [5, 5.41) is 13.9. The number of carbonyl (C=O) groups is 2. The van der Waals surface area contributed by atoms with E-state index in [0.717, 1.165) is 49.4 Å². The summed E-state index contributed by atoms with van der Waals surface area (Å²) in [4.78, 5) is 27.0. The van der Waals surface area contributed by atoms with Gasteiger partial charge in [0.25, 0.3) is 5.91 Å². The third-order valence-corrected chi connectivity index (χ3v) is 6.99. The highest BCUT2D eigenvalue weighted by Gasteiger charge is 2.26. The topological polar surface area (TPSA) is 92.1 Å². The van der Waals surface area contributed by atoms with Gasteiger partial charge in [-0.1, -0.05) is 24.3 Å². The van der Waals surface area contributed by atoms with Crippen LogP contribution in [0.5, 0.6) is 0 Å². The van der Waals surface area contributed by atoms with Gasteiger partial charge in [0, 0.05) is 69.8 Å². The molecule has 0 aliphatic carbocycles. The van der Waals surface area contributed by atoms with Crippen molar-refractivity contribution in [3.63, 3.8) is 0 Å². The molecule has 0 radical (unpaired) electrons. The number of rotatable bonds is 11. The molecule has 2 amide bonds. The molecule has 1 saturated heterocycles. The van der Waals surface area contributed by atoms with Crippen molar-refractivity contribution in [2.24, 2.45) is 16.9 Å². The molecule has 1 unspecified atom stereocenters. The Morgan fingerprint density at radius 3 is 2.64 bits per heavy atom. The number of ether oxygens (including phenoxy) is 1. The van der Waals surface area contributed by atoms with Gasteiger partial charge < -0.3 is 15.0 Å². The van der Waals surface area contributed by atoms with Gasteiger partial charge >= 0.3 is 0 Å². The number of benzene rings is 1. The zero-order valence-electron chi connectivity index (χ0n) is 22.8. The highest BCUT2D eigenvalue weighted by molar-refractivity contribution is 6.00. The number of carbonyl (C=O) groups excluding carboxylic acids is 2. The first-order chi connectivity index (χ1) is 18.9. The summed E-state index contributed by atoms with van der Waals surface area (Å²) in [6.07, 6.45) is 13.6. The average molecular weight is 531 g/mol. The number of aromatic nitrogens is 2. The van der Waals surface area contributed by atoms with E-state index < -0.39 is 0 Å². The molecule has 2 aromatic rings. The van der Waals surface area contributed by atoms with Crippen LogP contribution in [-0.4, -0.2) is 77.1 Å². The summed E-state index contributed by atoms with van der Waals surface area (Å²) < 4.78 is 6.74. The second kappa shape index (κ2) is 13.7. The van der Waals surface area contributed by atoms with Crippen LogP contribution < -0.4 is 5.32 Å². The monoisotopic (exact) mass is 530 g/mol. The Morgan fingerprint density at radius 1 is 1.21 bits per heavy atom. The molecular weight excluding hydrogens is 492 g/mol. The Hall–Kier alpha value is -3.98. The number of nitrogens with one attached hydrogen (secondary N) is 1. The first-order valence-electron chi connectivity index (χ1n) is 13.4. The molecule has 3 heterocycles. The van der Waals surface area contributed by atoms with Crippen molar-refractivity contribution in [3.8, 4) is 5.69 Å². The second-order valence-electron chi connectivity index (χ2n) is 9.99. The minimum atomic E-state index is -0.0471. The van der Waals surface area contributed by atoms with Crippen LogP contribution in [-0.2, 0) is 9.53 Å². The molecule has 9 nitrogen and oxygen atoms in total. The lowest BCUT2D eigenvalue weighted by Crippen LogP contribution is -2.40. The molecule has 39 heavy (non-hydrogen) atoms. The Morgan fingerprint density at radius 2 is 1.97 bits per heavy atom. The summed E-state index contributed by atoms with van der Waals surface area (Å²) >= 11 is 0. The van der Waals surface area contributed by atoms with Crippen LogP contribution in [0.2, 0.25) is 0 Å². The molecule has 1 N–H and O–H groups in total. The molecule has 206 valence electrons. The van der Waals surface area contributed by atoms with E-state index >= 15 is 0 Å². The number of allylic oxidation sites excluding steroid dienone is 3. The van der Waals surface area contributed by atoms with Gasteiger partial charge in [0.1, 0.15) is 0 Å². The minimum Gasteiger partial charge on any atom is -0.383 e. The molecule has 0 spiro atoms. The van der Waals surface area contributed by atoms with Crippen molar-refractivity contribution >= 4 is 17.5 Å². The Bertz CT molecular complexity index is 1210. The third-order valence-electron chi connectivity index (χ3n) is 6.99. The largest absolute Gasteiger partial charge is 0.383 e. The maximum Gasteiger partial charge on any atom is 0.253 e. The van der Waals surface area contributed by atoms with E-state index in [1.54, 1.807) is 18.0 Å². The third kappa shape index (κ3) is 7.77. The zero-order chi connectivity index (χ0) is 27.6. The van der Waals surface area contributed by atoms with Gasteiger partial charge in [-0.3, -0.25) is 14.6 Å². The molecule has 2 aliphatic heterocycles.